The largest absolute Gasteiger partial charge is 0.359 e. The quantitative estimate of drug-likeness (QED) is 0.749. The summed E-state index contributed by atoms with van der Waals surface area (Å²) < 4.78 is 0. The van der Waals surface area contributed by atoms with Crippen molar-refractivity contribution < 1.29 is 0 Å². The number of rotatable bonds is 1. The van der Waals surface area contributed by atoms with Crippen LogP contribution in [0.4, 0.5) is 0 Å². The van der Waals surface area contributed by atoms with Crippen LogP contribution in [0.25, 0.3) is 11.0 Å². The lowest BCUT2D eigenvalue weighted by Gasteiger charge is -2.16. The minimum absolute atomic E-state index is 0.240. The monoisotopic (exact) mass is 189 g/mol. The summed E-state index contributed by atoms with van der Waals surface area (Å²) in [5.41, 5.74) is 2.24. The lowest BCUT2D eigenvalue weighted by Crippen LogP contribution is -2.11. The maximum atomic E-state index is 4.48. The van der Waals surface area contributed by atoms with Crippen molar-refractivity contribution >= 4 is 11.0 Å². The molecule has 2 aromatic rings. The van der Waals surface area contributed by atoms with E-state index in [4.69, 9.17) is 0 Å². The van der Waals surface area contributed by atoms with E-state index >= 15 is 0 Å². The van der Waals surface area contributed by atoms with E-state index in [9.17, 15) is 0 Å². The summed E-state index contributed by atoms with van der Waals surface area (Å²) in [6.07, 6.45) is 4.65. The van der Waals surface area contributed by atoms with E-state index in [2.05, 4.69) is 35.7 Å². The second-order valence-corrected chi connectivity index (χ2v) is 4.80. The summed E-state index contributed by atoms with van der Waals surface area (Å²) in [6, 6.07) is 1.98. The van der Waals surface area contributed by atoms with Crippen LogP contribution < -0.4 is 0 Å². The van der Waals surface area contributed by atoms with Crippen LogP contribution in [0.15, 0.2) is 18.5 Å². The topological polar surface area (TPSA) is 41.6 Å². The van der Waals surface area contributed by atoms with Gasteiger partial charge in [0, 0.05) is 12.6 Å². The molecular weight excluding hydrogens is 174 g/mol. The predicted molar refractivity (Wildman–Crippen MR) is 57.0 cm³/mol. The highest BCUT2D eigenvalue weighted by Gasteiger charge is 2.13. The summed E-state index contributed by atoms with van der Waals surface area (Å²) in [5, 5.41) is 0. The molecule has 2 rings (SSSR count). The highest BCUT2D eigenvalue weighted by Crippen LogP contribution is 2.19. The van der Waals surface area contributed by atoms with E-state index in [0.717, 1.165) is 23.3 Å². The molecule has 2 heterocycles. The van der Waals surface area contributed by atoms with E-state index in [0.29, 0.717) is 0 Å². The number of fused-ring (bicyclic) bond motifs is 1. The molecule has 0 aliphatic rings. The predicted octanol–water partition coefficient (Wildman–Crippen LogP) is 2.55. The average molecular weight is 189 g/mol. The first kappa shape index (κ1) is 9.19. The van der Waals surface area contributed by atoms with Crippen LogP contribution in [0.5, 0.6) is 0 Å². The third kappa shape index (κ3) is 1.92. The third-order valence-electron chi connectivity index (χ3n) is 2.04. The van der Waals surface area contributed by atoms with E-state index in [1.807, 2.05) is 18.5 Å². The first-order chi connectivity index (χ1) is 6.54. The molecule has 0 saturated heterocycles. The number of H-pyrrole nitrogens is 1. The highest BCUT2D eigenvalue weighted by molar-refractivity contribution is 5.73. The number of hydrogen-bond acceptors (Lipinski definition) is 2. The second kappa shape index (κ2) is 3.08. The Morgan fingerprint density at radius 1 is 1.36 bits per heavy atom. The standard InChI is InChI=1S/C11H15N3/c1-11(2,3)6-10-13-7-9-8(14-10)4-5-12-9/h4-5,7,12H,6H2,1-3H3. The Balaban J connectivity index is 2.35. The molecule has 0 fully saturated rings. The van der Waals surface area contributed by atoms with Crippen molar-refractivity contribution in [2.75, 3.05) is 0 Å². The molecule has 1 N–H and O–H groups in total. The normalized spacial score (nSPS) is 12.2. The zero-order chi connectivity index (χ0) is 10.2. The molecule has 0 radical (unpaired) electrons. The number of aromatic nitrogens is 3. The van der Waals surface area contributed by atoms with Gasteiger partial charge in [0.25, 0.3) is 0 Å². The van der Waals surface area contributed by atoms with Gasteiger partial charge < -0.3 is 4.98 Å². The molecule has 2 aromatic heterocycles. The minimum Gasteiger partial charge on any atom is -0.359 e. The summed E-state index contributed by atoms with van der Waals surface area (Å²) in [7, 11) is 0. The minimum atomic E-state index is 0.240. The summed E-state index contributed by atoms with van der Waals surface area (Å²) in [5.74, 6) is 0.921. The Bertz CT molecular complexity index is 437. The first-order valence-corrected chi connectivity index (χ1v) is 4.84. The summed E-state index contributed by atoms with van der Waals surface area (Å²) >= 11 is 0. The fraction of sp³-hybridized carbons (Fsp3) is 0.455. The van der Waals surface area contributed by atoms with Crippen LogP contribution in [0, 0.1) is 5.41 Å². The van der Waals surface area contributed by atoms with Crippen LogP contribution in [0.2, 0.25) is 0 Å². The molecule has 0 spiro atoms. The van der Waals surface area contributed by atoms with Crippen LogP contribution in [-0.4, -0.2) is 15.0 Å². The Morgan fingerprint density at radius 3 is 2.86 bits per heavy atom. The number of aromatic amines is 1. The summed E-state index contributed by atoms with van der Waals surface area (Å²) in [4.78, 5) is 11.9. The number of nitrogens with zero attached hydrogens (tertiary/aromatic N) is 2. The lowest BCUT2D eigenvalue weighted by atomic mass is 9.92. The van der Waals surface area contributed by atoms with Crippen molar-refractivity contribution in [1.82, 2.24) is 15.0 Å². The van der Waals surface area contributed by atoms with Crippen molar-refractivity contribution in [3.05, 3.63) is 24.3 Å². The molecule has 0 amide bonds. The van der Waals surface area contributed by atoms with Crippen molar-refractivity contribution in [1.29, 1.82) is 0 Å². The van der Waals surface area contributed by atoms with E-state index in [1.54, 1.807) is 0 Å². The van der Waals surface area contributed by atoms with Gasteiger partial charge in [-0.2, -0.15) is 0 Å². The van der Waals surface area contributed by atoms with Gasteiger partial charge in [0.1, 0.15) is 5.82 Å². The van der Waals surface area contributed by atoms with E-state index in [-0.39, 0.29) is 5.41 Å². The van der Waals surface area contributed by atoms with Gasteiger partial charge in [0.2, 0.25) is 0 Å². The highest BCUT2D eigenvalue weighted by atomic mass is 14.9. The van der Waals surface area contributed by atoms with Gasteiger partial charge in [0.15, 0.2) is 0 Å². The Kier molecular flexibility index (Phi) is 2.02. The average Bonchev–Trinajstić information content (AvgIpc) is 2.47. The molecule has 0 aliphatic carbocycles. The SMILES string of the molecule is CC(C)(C)Cc1ncc2[nH]ccc2n1. The summed E-state index contributed by atoms with van der Waals surface area (Å²) in [6.45, 7) is 6.58. The van der Waals surface area contributed by atoms with Gasteiger partial charge in [-0.3, -0.25) is 0 Å². The first-order valence-electron chi connectivity index (χ1n) is 4.84. The molecule has 0 atom stereocenters. The molecule has 0 aromatic carbocycles. The third-order valence-corrected chi connectivity index (χ3v) is 2.04. The molecule has 3 nitrogen and oxygen atoms in total. The maximum absolute atomic E-state index is 4.48. The zero-order valence-electron chi connectivity index (χ0n) is 8.83. The van der Waals surface area contributed by atoms with Crippen molar-refractivity contribution in [3.8, 4) is 0 Å². The van der Waals surface area contributed by atoms with Gasteiger partial charge in [-0.1, -0.05) is 20.8 Å². The van der Waals surface area contributed by atoms with E-state index < -0.39 is 0 Å². The zero-order valence-corrected chi connectivity index (χ0v) is 8.83. The van der Waals surface area contributed by atoms with Gasteiger partial charge in [0.05, 0.1) is 17.2 Å². The van der Waals surface area contributed by atoms with Crippen molar-refractivity contribution in [3.63, 3.8) is 0 Å². The van der Waals surface area contributed by atoms with Crippen molar-refractivity contribution in [2.24, 2.45) is 5.41 Å². The van der Waals surface area contributed by atoms with Gasteiger partial charge >= 0.3 is 0 Å². The van der Waals surface area contributed by atoms with Crippen molar-refractivity contribution in [2.45, 2.75) is 27.2 Å². The van der Waals surface area contributed by atoms with Crippen LogP contribution in [-0.2, 0) is 6.42 Å². The fourth-order valence-electron chi connectivity index (χ4n) is 1.44. The van der Waals surface area contributed by atoms with Gasteiger partial charge in [-0.05, 0) is 11.5 Å². The number of hydrogen-bond donors (Lipinski definition) is 1. The molecule has 0 saturated carbocycles. The molecular formula is C11H15N3. The molecule has 0 bridgehead atoms. The molecule has 0 aliphatic heterocycles. The van der Waals surface area contributed by atoms with Crippen LogP contribution in [0.1, 0.15) is 26.6 Å². The van der Waals surface area contributed by atoms with Crippen LogP contribution >= 0.6 is 0 Å². The smallest absolute Gasteiger partial charge is 0.129 e. The lowest BCUT2D eigenvalue weighted by molar-refractivity contribution is 0.401. The molecule has 3 heteroatoms. The molecule has 74 valence electrons. The molecule has 0 unspecified atom stereocenters. The molecule has 14 heavy (non-hydrogen) atoms. The Hall–Kier alpha value is -1.38. The maximum Gasteiger partial charge on any atom is 0.129 e. The van der Waals surface area contributed by atoms with Gasteiger partial charge in [-0.15, -0.1) is 0 Å². The number of nitrogens with one attached hydrogen (secondary N) is 1. The Morgan fingerprint density at radius 2 is 2.14 bits per heavy atom. The van der Waals surface area contributed by atoms with Gasteiger partial charge in [-0.25, -0.2) is 9.97 Å². The van der Waals surface area contributed by atoms with E-state index in [1.165, 1.54) is 0 Å². The van der Waals surface area contributed by atoms with Crippen LogP contribution in [0.3, 0.4) is 0 Å². The second-order valence-electron chi connectivity index (χ2n) is 4.80. The Labute approximate surface area is 83.6 Å². The fourth-order valence-corrected chi connectivity index (χ4v) is 1.44.